The fourth-order valence-electron chi connectivity index (χ4n) is 3.65. The Kier molecular flexibility index (Phi) is 3.43. The molecule has 128 valence electrons. The molecule has 5 rings (SSSR count). The van der Waals surface area contributed by atoms with Gasteiger partial charge in [-0.1, -0.05) is 0 Å². The molecule has 0 aliphatic carbocycles. The van der Waals surface area contributed by atoms with Gasteiger partial charge in [-0.3, -0.25) is 0 Å². The van der Waals surface area contributed by atoms with E-state index in [1.165, 1.54) is 0 Å². The predicted molar refractivity (Wildman–Crippen MR) is 97.6 cm³/mol. The summed E-state index contributed by atoms with van der Waals surface area (Å²) in [6.45, 7) is 2.02. The molecule has 1 aliphatic heterocycles. The summed E-state index contributed by atoms with van der Waals surface area (Å²) < 4.78 is 3.95. The third-order valence-electron chi connectivity index (χ3n) is 5.01. The molecular weight excluding hydrogens is 326 g/mol. The molecule has 4 aromatic rings. The minimum Gasteiger partial charge on any atom is -0.315 e. The van der Waals surface area contributed by atoms with E-state index in [1.807, 2.05) is 24.5 Å². The molecule has 4 aromatic heterocycles. The van der Waals surface area contributed by atoms with E-state index >= 15 is 0 Å². The first kappa shape index (κ1) is 15.0. The lowest BCUT2D eigenvalue weighted by Gasteiger charge is -2.24. The first-order valence-electron chi connectivity index (χ1n) is 8.75. The van der Waals surface area contributed by atoms with Gasteiger partial charge in [0.2, 0.25) is 0 Å². The second-order valence-electron chi connectivity index (χ2n) is 6.61. The van der Waals surface area contributed by atoms with E-state index in [0.29, 0.717) is 11.6 Å². The molecule has 0 bridgehead atoms. The van der Waals surface area contributed by atoms with Gasteiger partial charge in [0.1, 0.15) is 5.52 Å². The molecule has 0 spiro atoms. The van der Waals surface area contributed by atoms with Crippen LogP contribution in [0.2, 0.25) is 0 Å². The fraction of sp³-hybridized carbons (Fsp3) is 0.263. The van der Waals surface area contributed by atoms with Gasteiger partial charge in [-0.15, -0.1) is 0 Å². The third-order valence-corrected chi connectivity index (χ3v) is 5.01. The molecule has 0 radical (unpaired) electrons. The van der Waals surface area contributed by atoms with Crippen LogP contribution in [0, 0.1) is 11.3 Å². The van der Waals surface area contributed by atoms with Crippen LogP contribution in [0.3, 0.4) is 0 Å². The Balaban J connectivity index is 1.65. The van der Waals surface area contributed by atoms with Crippen LogP contribution in [0.25, 0.3) is 27.9 Å². The highest BCUT2D eigenvalue weighted by Gasteiger charge is 2.18. The second-order valence-corrected chi connectivity index (χ2v) is 6.61. The van der Waals surface area contributed by atoms with E-state index < -0.39 is 0 Å². The molecule has 1 aliphatic rings. The normalized spacial score (nSPS) is 17.6. The van der Waals surface area contributed by atoms with Crippen LogP contribution in [0.5, 0.6) is 0 Å². The van der Waals surface area contributed by atoms with Gasteiger partial charge in [0.15, 0.2) is 5.65 Å². The number of nitriles is 1. The molecule has 7 nitrogen and oxygen atoms in total. The van der Waals surface area contributed by atoms with Gasteiger partial charge in [0, 0.05) is 24.3 Å². The van der Waals surface area contributed by atoms with Gasteiger partial charge < -0.3 is 9.88 Å². The Bertz CT molecular complexity index is 1140. The highest BCUT2D eigenvalue weighted by molar-refractivity contribution is 5.82. The molecule has 7 heteroatoms. The summed E-state index contributed by atoms with van der Waals surface area (Å²) >= 11 is 0. The molecule has 5 heterocycles. The van der Waals surface area contributed by atoms with Crippen molar-refractivity contribution in [1.82, 2.24) is 29.5 Å². The van der Waals surface area contributed by atoms with Crippen molar-refractivity contribution in [2.24, 2.45) is 0 Å². The minimum absolute atomic E-state index is 0.380. The van der Waals surface area contributed by atoms with E-state index in [-0.39, 0.29) is 0 Å². The number of aromatic nitrogens is 5. The van der Waals surface area contributed by atoms with Crippen LogP contribution in [0.4, 0.5) is 0 Å². The van der Waals surface area contributed by atoms with Crippen molar-refractivity contribution in [3.8, 4) is 17.3 Å². The van der Waals surface area contributed by atoms with Crippen LogP contribution in [-0.2, 0) is 0 Å². The standard InChI is InChI=1S/C19H17N7/c20-9-13-5-7-26-18(8-13)15(11-23-26)16-3-4-17-19(24-16)25(12-22-17)14-2-1-6-21-10-14/h3-5,7-8,11-12,14,21H,1-2,6,10H2/t14-/m0/s1. The Morgan fingerprint density at radius 2 is 2.23 bits per heavy atom. The van der Waals surface area contributed by atoms with Crippen molar-refractivity contribution in [2.45, 2.75) is 18.9 Å². The Morgan fingerprint density at radius 3 is 3.08 bits per heavy atom. The largest absolute Gasteiger partial charge is 0.315 e. The SMILES string of the molecule is N#Cc1ccn2ncc(-c3ccc4ncn([C@H]5CCCNC5)c4n3)c2c1. The molecule has 0 unspecified atom stereocenters. The molecular formula is C19H17N7. The van der Waals surface area contributed by atoms with Crippen LogP contribution in [0.1, 0.15) is 24.4 Å². The Labute approximate surface area is 149 Å². The molecule has 1 saturated heterocycles. The number of nitrogens with one attached hydrogen (secondary N) is 1. The molecule has 1 N–H and O–H groups in total. The van der Waals surface area contributed by atoms with Gasteiger partial charge in [-0.25, -0.2) is 14.5 Å². The summed E-state index contributed by atoms with van der Waals surface area (Å²) in [5.41, 5.74) is 5.03. The smallest absolute Gasteiger partial charge is 0.160 e. The van der Waals surface area contributed by atoms with Gasteiger partial charge in [0.05, 0.1) is 35.4 Å². The van der Waals surface area contributed by atoms with Gasteiger partial charge in [-0.05, 0) is 43.7 Å². The number of fused-ring (bicyclic) bond motifs is 2. The zero-order valence-electron chi connectivity index (χ0n) is 14.1. The minimum atomic E-state index is 0.380. The van der Waals surface area contributed by atoms with E-state index in [4.69, 9.17) is 4.98 Å². The summed E-state index contributed by atoms with van der Waals surface area (Å²) in [4.78, 5) is 9.41. The monoisotopic (exact) mass is 343 g/mol. The fourth-order valence-corrected chi connectivity index (χ4v) is 3.65. The van der Waals surface area contributed by atoms with E-state index in [1.54, 1.807) is 23.0 Å². The molecule has 26 heavy (non-hydrogen) atoms. The van der Waals surface area contributed by atoms with E-state index in [2.05, 4.69) is 26.0 Å². The zero-order chi connectivity index (χ0) is 17.5. The predicted octanol–water partition coefficient (Wildman–Crippen LogP) is 2.54. The van der Waals surface area contributed by atoms with E-state index in [9.17, 15) is 5.26 Å². The van der Waals surface area contributed by atoms with Crippen molar-refractivity contribution in [3.63, 3.8) is 0 Å². The number of imidazole rings is 1. The van der Waals surface area contributed by atoms with Gasteiger partial charge in [0.25, 0.3) is 0 Å². The summed E-state index contributed by atoms with van der Waals surface area (Å²) in [6.07, 6.45) is 7.78. The van der Waals surface area contributed by atoms with Gasteiger partial charge >= 0.3 is 0 Å². The van der Waals surface area contributed by atoms with Crippen molar-refractivity contribution < 1.29 is 0 Å². The first-order valence-corrected chi connectivity index (χ1v) is 8.75. The lowest BCUT2D eigenvalue weighted by Crippen LogP contribution is -2.31. The van der Waals surface area contributed by atoms with Crippen molar-refractivity contribution in [2.75, 3.05) is 13.1 Å². The topological polar surface area (TPSA) is 83.8 Å². The van der Waals surface area contributed by atoms with Crippen LogP contribution in [-0.4, -0.2) is 37.2 Å². The Morgan fingerprint density at radius 1 is 1.27 bits per heavy atom. The maximum atomic E-state index is 9.18. The van der Waals surface area contributed by atoms with Crippen molar-refractivity contribution in [3.05, 3.63) is 48.5 Å². The number of rotatable bonds is 2. The number of hydrogen-bond acceptors (Lipinski definition) is 5. The maximum absolute atomic E-state index is 9.18. The molecule has 1 fully saturated rings. The first-order chi connectivity index (χ1) is 12.8. The second kappa shape index (κ2) is 5.93. The highest BCUT2D eigenvalue weighted by atomic mass is 15.2. The summed E-state index contributed by atoms with van der Waals surface area (Å²) in [7, 11) is 0. The lowest BCUT2D eigenvalue weighted by atomic mass is 10.1. The van der Waals surface area contributed by atoms with Crippen LogP contribution < -0.4 is 5.32 Å². The van der Waals surface area contributed by atoms with Crippen molar-refractivity contribution >= 4 is 16.7 Å². The average Bonchev–Trinajstić information content (AvgIpc) is 3.31. The highest BCUT2D eigenvalue weighted by Crippen LogP contribution is 2.27. The summed E-state index contributed by atoms with van der Waals surface area (Å²) in [6, 6.07) is 10.1. The molecule has 0 aromatic carbocycles. The lowest BCUT2D eigenvalue weighted by molar-refractivity contribution is 0.376. The zero-order valence-corrected chi connectivity index (χ0v) is 14.1. The number of piperidine rings is 1. The summed E-state index contributed by atoms with van der Waals surface area (Å²) in [5, 5.41) is 17.0. The summed E-state index contributed by atoms with van der Waals surface area (Å²) in [5.74, 6) is 0. The average molecular weight is 343 g/mol. The maximum Gasteiger partial charge on any atom is 0.160 e. The van der Waals surface area contributed by atoms with Crippen LogP contribution in [0.15, 0.2) is 43.0 Å². The number of hydrogen-bond donors (Lipinski definition) is 1. The molecule has 1 atom stereocenters. The van der Waals surface area contributed by atoms with E-state index in [0.717, 1.165) is 53.9 Å². The molecule has 0 amide bonds. The third kappa shape index (κ3) is 2.35. The Hall–Kier alpha value is -3.24. The molecule has 0 saturated carbocycles. The van der Waals surface area contributed by atoms with Crippen molar-refractivity contribution in [1.29, 1.82) is 5.26 Å². The van der Waals surface area contributed by atoms with Crippen LogP contribution >= 0.6 is 0 Å². The van der Waals surface area contributed by atoms with Gasteiger partial charge in [-0.2, -0.15) is 10.4 Å². The number of nitrogens with zero attached hydrogens (tertiary/aromatic N) is 6. The number of pyridine rings is 2. The quantitative estimate of drug-likeness (QED) is 0.605.